The number of rotatable bonds is 6. The van der Waals surface area contributed by atoms with Gasteiger partial charge in [0.15, 0.2) is 5.13 Å². The van der Waals surface area contributed by atoms with E-state index in [9.17, 15) is 19.5 Å². The zero-order chi connectivity index (χ0) is 24.4. The van der Waals surface area contributed by atoms with Crippen molar-refractivity contribution >= 4 is 39.9 Å². The fourth-order valence-electron chi connectivity index (χ4n) is 3.78. The maximum atomic E-state index is 13.2. The third-order valence-corrected chi connectivity index (χ3v) is 6.50. The number of ether oxygens (including phenoxy) is 2. The number of nitrogens with zero attached hydrogens (tertiary/aromatic N) is 2. The maximum Gasteiger partial charge on any atom is 0.350 e. The minimum absolute atomic E-state index is 0.0622. The van der Waals surface area contributed by atoms with Gasteiger partial charge in [-0.1, -0.05) is 41.7 Å². The lowest BCUT2D eigenvalue weighted by Crippen LogP contribution is -2.29. The Morgan fingerprint density at radius 3 is 2.41 bits per heavy atom. The van der Waals surface area contributed by atoms with Crippen LogP contribution >= 0.6 is 11.3 Å². The molecule has 0 aliphatic carbocycles. The molecule has 1 saturated heterocycles. The zero-order valence-corrected chi connectivity index (χ0v) is 19.6. The van der Waals surface area contributed by atoms with Gasteiger partial charge in [-0.15, -0.1) is 0 Å². The normalized spacial score (nSPS) is 17.1. The van der Waals surface area contributed by atoms with E-state index in [1.54, 1.807) is 55.5 Å². The van der Waals surface area contributed by atoms with Crippen LogP contribution < -0.4 is 9.64 Å². The van der Waals surface area contributed by atoms with Crippen molar-refractivity contribution in [3.8, 4) is 5.75 Å². The number of benzene rings is 2. The third kappa shape index (κ3) is 4.06. The summed E-state index contributed by atoms with van der Waals surface area (Å²) in [7, 11) is 1.26. The molecule has 1 atom stereocenters. The quantitative estimate of drug-likeness (QED) is 0.244. The molecule has 4 rings (SSSR count). The Kier molecular flexibility index (Phi) is 6.47. The third-order valence-electron chi connectivity index (χ3n) is 5.36. The van der Waals surface area contributed by atoms with Crippen LogP contribution in [0.15, 0.2) is 60.2 Å². The van der Waals surface area contributed by atoms with E-state index < -0.39 is 23.7 Å². The van der Waals surface area contributed by atoms with Crippen LogP contribution in [0.4, 0.5) is 5.13 Å². The van der Waals surface area contributed by atoms with Crippen LogP contribution in [0.2, 0.25) is 0 Å². The average molecular weight is 479 g/mol. The Bertz CT molecular complexity index is 1280. The SMILES string of the molecule is CCOc1ccc(/C(O)=C2\C(=O)C(=O)N(c3nc(C)c(C(=O)OC)s3)C2c2ccccc2)cc1. The Balaban J connectivity index is 1.87. The molecule has 1 unspecified atom stereocenters. The number of carbonyl (C=O) groups excluding carboxylic acids is 3. The summed E-state index contributed by atoms with van der Waals surface area (Å²) in [5.41, 5.74) is 1.30. The van der Waals surface area contributed by atoms with Crippen LogP contribution in [0.5, 0.6) is 5.75 Å². The fraction of sp³-hybridized carbons (Fsp3) is 0.200. The number of esters is 1. The van der Waals surface area contributed by atoms with Gasteiger partial charge in [0, 0.05) is 5.56 Å². The predicted molar refractivity (Wildman–Crippen MR) is 127 cm³/mol. The smallest absolute Gasteiger partial charge is 0.350 e. The van der Waals surface area contributed by atoms with Gasteiger partial charge < -0.3 is 14.6 Å². The summed E-state index contributed by atoms with van der Waals surface area (Å²) in [6.45, 7) is 3.98. The number of hydrogen-bond donors (Lipinski definition) is 1. The van der Waals surface area contributed by atoms with Gasteiger partial charge in [0.25, 0.3) is 5.78 Å². The number of Topliss-reactive ketones (excluding diaryl/α,β-unsaturated/α-hetero) is 1. The highest BCUT2D eigenvalue weighted by atomic mass is 32.1. The van der Waals surface area contributed by atoms with Crippen LogP contribution in [-0.2, 0) is 14.3 Å². The molecular formula is C25H22N2O6S. The van der Waals surface area contributed by atoms with Gasteiger partial charge in [0.05, 0.1) is 31.0 Å². The Labute approximate surface area is 200 Å². The summed E-state index contributed by atoms with van der Waals surface area (Å²) in [5.74, 6) is -1.95. The zero-order valence-electron chi connectivity index (χ0n) is 18.8. The number of aryl methyl sites for hydroxylation is 1. The van der Waals surface area contributed by atoms with E-state index in [-0.39, 0.29) is 21.3 Å². The number of thiazole rings is 1. The summed E-state index contributed by atoms with van der Waals surface area (Å²) in [6.07, 6.45) is 0. The highest BCUT2D eigenvalue weighted by molar-refractivity contribution is 7.17. The molecule has 1 aromatic heterocycles. The second-order valence-electron chi connectivity index (χ2n) is 7.44. The lowest BCUT2D eigenvalue weighted by atomic mass is 9.95. The van der Waals surface area contributed by atoms with Crippen LogP contribution in [0, 0.1) is 6.92 Å². The first-order valence-electron chi connectivity index (χ1n) is 10.5. The highest BCUT2D eigenvalue weighted by Gasteiger charge is 2.48. The van der Waals surface area contributed by atoms with Gasteiger partial charge in [0.2, 0.25) is 0 Å². The molecule has 0 bridgehead atoms. The number of carbonyl (C=O) groups is 3. The van der Waals surface area contributed by atoms with Crippen molar-refractivity contribution < 1.29 is 29.0 Å². The first-order chi connectivity index (χ1) is 16.4. The average Bonchev–Trinajstić information content (AvgIpc) is 3.36. The van der Waals surface area contributed by atoms with Crippen LogP contribution in [-0.4, -0.2) is 41.5 Å². The standard InChI is InChI=1S/C25H22N2O6S/c1-4-33-17-12-10-16(11-13-17)20(28)18-19(15-8-6-5-7-9-15)27(23(30)21(18)29)25-26-14(2)22(34-25)24(31)32-3/h5-13,19,28H,4H2,1-3H3/b20-18+. The summed E-state index contributed by atoms with van der Waals surface area (Å²) in [4.78, 5) is 44.3. The molecule has 2 heterocycles. The summed E-state index contributed by atoms with van der Waals surface area (Å²) in [6, 6.07) is 14.6. The lowest BCUT2D eigenvalue weighted by molar-refractivity contribution is -0.132. The van der Waals surface area contributed by atoms with Crippen molar-refractivity contribution in [3.63, 3.8) is 0 Å². The molecule has 34 heavy (non-hydrogen) atoms. The first-order valence-corrected chi connectivity index (χ1v) is 11.3. The van der Waals surface area contributed by atoms with E-state index in [0.717, 1.165) is 11.3 Å². The lowest BCUT2D eigenvalue weighted by Gasteiger charge is -2.23. The molecule has 1 amide bonds. The topological polar surface area (TPSA) is 106 Å². The van der Waals surface area contributed by atoms with Crippen molar-refractivity contribution in [1.82, 2.24) is 4.98 Å². The van der Waals surface area contributed by atoms with E-state index in [2.05, 4.69) is 4.98 Å². The highest BCUT2D eigenvalue weighted by Crippen LogP contribution is 2.43. The largest absolute Gasteiger partial charge is 0.507 e. The van der Waals surface area contributed by atoms with Crippen molar-refractivity contribution in [2.24, 2.45) is 0 Å². The number of aliphatic hydroxyl groups is 1. The number of aromatic nitrogens is 1. The fourth-order valence-corrected chi connectivity index (χ4v) is 4.79. The van der Waals surface area contributed by atoms with E-state index in [0.29, 0.717) is 29.2 Å². The van der Waals surface area contributed by atoms with Gasteiger partial charge in [-0.2, -0.15) is 0 Å². The molecule has 0 radical (unpaired) electrons. The number of methoxy groups -OCH3 is 1. The second-order valence-corrected chi connectivity index (χ2v) is 8.42. The molecular weight excluding hydrogens is 456 g/mol. The minimum atomic E-state index is -0.927. The Morgan fingerprint density at radius 2 is 1.79 bits per heavy atom. The van der Waals surface area contributed by atoms with Gasteiger partial charge in [-0.05, 0) is 43.7 Å². The predicted octanol–water partition coefficient (Wildman–Crippen LogP) is 4.26. The van der Waals surface area contributed by atoms with Gasteiger partial charge in [-0.3, -0.25) is 14.5 Å². The number of ketones is 1. The number of hydrogen-bond acceptors (Lipinski definition) is 8. The van der Waals surface area contributed by atoms with E-state index >= 15 is 0 Å². The van der Waals surface area contributed by atoms with Gasteiger partial charge >= 0.3 is 11.9 Å². The molecule has 1 N–H and O–H groups in total. The molecule has 1 aliphatic rings. The van der Waals surface area contributed by atoms with Crippen molar-refractivity contribution in [2.45, 2.75) is 19.9 Å². The van der Waals surface area contributed by atoms with Crippen molar-refractivity contribution in [1.29, 1.82) is 0 Å². The number of amides is 1. The van der Waals surface area contributed by atoms with E-state index in [4.69, 9.17) is 9.47 Å². The van der Waals surface area contributed by atoms with Crippen LogP contribution in [0.25, 0.3) is 5.76 Å². The molecule has 3 aromatic rings. The van der Waals surface area contributed by atoms with Gasteiger partial charge in [0.1, 0.15) is 16.4 Å². The van der Waals surface area contributed by atoms with Crippen molar-refractivity contribution in [2.75, 3.05) is 18.6 Å². The molecule has 1 aliphatic heterocycles. The summed E-state index contributed by atoms with van der Waals surface area (Å²) >= 11 is 0.957. The first kappa shape index (κ1) is 23.2. The Morgan fingerprint density at radius 1 is 1.12 bits per heavy atom. The summed E-state index contributed by atoms with van der Waals surface area (Å²) in [5, 5.41) is 11.3. The maximum absolute atomic E-state index is 13.2. The minimum Gasteiger partial charge on any atom is -0.507 e. The molecule has 8 nitrogen and oxygen atoms in total. The molecule has 1 fully saturated rings. The van der Waals surface area contributed by atoms with Gasteiger partial charge in [-0.25, -0.2) is 9.78 Å². The van der Waals surface area contributed by atoms with E-state index in [1.165, 1.54) is 12.0 Å². The molecule has 174 valence electrons. The van der Waals surface area contributed by atoms with Crippen LogP contribution in [0.1, 0.15) is 39.5 Å². The molecule has 0 saturated carbocycles. The van der Waals surface area contributed by atoms with Crippen molar-refractivity contribution in [3.05, 3.63) is 81.9 Å². The number of aliphatic hydroxyl groups excluding tert-OH is 1. The Hall–Kier alpha value is -3.98. The molecule has 2 aromatic carbocycles. The number of anilines is 1. The van der Waals surface area contributed by atoms with Crippen LogP contribution in [0.3, 0.4) is 0 Å². The monoisotopic (exact) mass is 478 g/mol. The van der Waals surface area contributed by atoms with E-state index in [1.807, 2.05) is 13.0 Å². The summed E-state index contributed by atoms with van der Waals surface area (Å²) < 4.78 is 10.2. The molecule has 0 spiro atoms. The second kappa shape index (κ2) is 9.48. The molecule has 9 heteroatoms.